The van der Waals surface area contributed by atoms with Crippen LogP contribution >= 0.6 is 45.2 Å². The van der Waals surface area contributed by atoms with Crippen molar-refractivity contribution in [2.24, 2.45) is 0 Å². The van der Waals surface area contributed by atoms with Crippen molar-refractivity contribution in [2.75, 3.05) is 13.7 Å². The Bertz CT molecular complexity index is 372. The third-order valence-corrected chi connectivity index (χ3v) is 3.47. The van der Waals surface area contributed by atoms with Crippen molar-refractivity contribution < 1.29 is 19.0 Å². The van der Waals surface area contributed by atoms with E-state index in [-0.39, 0.29) is 0 Å². The summed E-state index contributed by atoms with van der Waals surface area (Å²) in [4.78, 5) is 10.7. The first-order valence-corrected chi connectivity index (χ1v) is 7.03. The van der Waals surface area contributed by atoms with E-state index in [2.05, 4.69) is 45.2 Å². The van der Waals surface area contributed by atoms with Gasteiger partial charge in [0.25, 0.3) is 0 Å². The third-order valence-electron chi connectivity index (χ3n) is 1.87. The van der Waals surface area contributed by atoms with E-state index in [0.29, 0.717) is 17.9 Å². The van der Waals surface area contributed by atoms with Gasteiger partial charge in [0.1, 0.15) is 6.29 Å². The smallest absolute Gasteiger partial charge is 0.315 e. The summed E-state index contributed by atoms with van der Waals surface area (Å²) in [5.41, 5.74) is 0.622. The number of halogens is 2. The van der Waals surface area contributed by atoms with Crippen LogP contribution < -0.4 is 4.74 Å². The molecule has 6 heteroatoms. The van der Waals surface area contributed by atoms with Gasteiger partial charge >= 0.3 is 6.48 Å². The number of hydrogen-bond donors (Lipinski definition) is 0. The summed E-state index contributed by atoms with van der Waals surface area (Å²) in [6.45, 7) is 1.63. The average Bonchev–Trinajstić information content (AvgIpc) is 2.31. The van der Waals surface area contributed by atoms with Crippen LogP contribution in [0.5, 0.6) is 5.75 Å². The second-order valence-corrected chi connectivity index (χ2v) is 5.35. The van der Waals surface area contributed by atoms with Crippen LogP contribution in [0, 0.1) is 7.14 Å². The maximum Gasteiger partial charge on any atom is 0.315 e. The van der Waals surface area contributed by atoms with Crippen LogP contribution in [-0.4, -0.2) is 26.5 Å². The summed E-state index contributed by atoms with van der Waals surface area (Å²) in [6.07, 6.45) is 0.810. The maximum absolute atomic E-state index is 10.7. The lowest BCUT2D eigenvalue weighted by atomic mass is 10.2. The van der Waals surface area contributed by atoms with E-state index in [9.17, 15) is 4.79 Å². The van der Waals surface area contributed by atoms with E-state index in [4.69, 9.17) is 14.2 Å². The molecule has 0 aromatic heterocycles. The monoisotopic (exact) mass is 462 g/mol. The Kier molecular flexibility index (Phi) is 6.67. The minimum atomic E-state index is -0.732. The molecule has 4 nitrogen and oxygen atoms in total. The molecule has 1 aromatic carbocycles. The highest BCUT2D eigenvalue weighted by atomic mass is 127. The Morgan fingerprint density at radius 2 is 1.94 bits per heavy atom. The van der Waals surface area contributed by atoms with Gasteiger partial charge in [0.2, 0.25) is 0 Å². The lowest BCUT2D eigenvalue weighted by Crippen LogP contribution is -2.23. The summed E-state index contributed by atoms with van der Waals surface area (Å²) in [6, 6.07) is 3.51. The molecular weight excluding hydrogens is 450 g/mol. The molecular formula is C11H12I2O4. The lowest BCUT2D eigenvalue weighted by Gasteiger charge is -2.18. The van der Waals surface area contributed by atoms with Crippen LogP contribution in [0.2, 0.25) is 0 Å². The minimum absolute atomic E-state index is 0.498. The fourth-order valence-electron chi connectivity index (χ4n) is 1.14. The molecule has 0 aliphatic carbocycles. The van der Waals surface area contributed by atoms with Crippen molar-refractivity contribution in [3.8, 4) is 5.75 Å². The zero-order valence-corrected chi connectivity index (χ0v) is 13.7. The summed E-state index contributed by atoms with van der Waals surface area (Å²) in [5, 5.41) is 0. The summed E-state index contributed by atoms with van der Waals surface area (Å²) in [5.74, 6) is 0.664. The van der Waals surface area contributed by atoms with Crippen molar-refractivity contribution >= 4 is 51.5 Å². The molecule has 0 spiro atoms. The topological polar surface area (TPSA) is 44.8 Å². The molecule has 1 unspecified atom stereocenters. The summed E-state index contributed by atoms with van der Waals surface area (Å²) < 4.78 is 17.6. The van der Waals surface area contributed by atoms with Gasteiger partial charge < -0.3 is 14.2 Å². The predicted molar refractivity (Wildman–Crippen MR) is 80.3 cm³/mol. The SMILES string of the molecule is CCOC(OC)Oc1c(I)cc(C=O)cc1I. The highest BCUT2D eigenvalue weighted by molar-refractivity contribution is 14.1. The molecule has 0 bridgehead atoms. The maximum atomic E-state index is 10.7. The number of hydrogen-bond acceptors (Lipinski definition) is 4. The molecule has 94 valence electrons. The largest absolute Gasteiger partial charge is 0.439 e. The number of carbonyl (C=O) groups is 1. The van der Waals surface area contributed by atoms with E-state index >= 15 is 0 Å². The Morgan fingerprint density at radius 1 is 1.35 bits per heavy atom. The van der Waals surface area contributed by atoms with Gasteiger partial charge in [-0.2, -0.15) is 0 Å². The Balaban J connectivity index is 2.93. The van der Waals surface area contributed by atoms with E-state index < -0.39 is 6.48 Å². The molecule has 1 rings (SSSR count). The van der Waals surface area contributed by atoms with Gasteiger partial charge in [0, 0.05) is 12.7 Å². The average molecular weight is 462 g/mol. The van der Waals surface area contributed by atoms with Crippen molar-refractivity contribution in [2.45, 2.75) is 13.4 Å². The number of carbonyl (C=O) groups excluding carboxylic acids is 1. The fourth-order valence-corrected chi connectivity index (χ4v) is 3.21. The van der Waals surface area contributed by atoms with Crippen LogP contribution in [0.3, 0.4) is 0 Å². The lowest BCUT2D eigenvalue weighted by molar-refractivity contribution is -0.231. The number of rotatable bonds is 6. The van der Waals surface area contributed by atoms with Gasteiger partial charge in [-0.05, 0) is 64.2 Å². The first-order chi connectivity index (χ1) is 8.12. The standard InChI is InChI=1S/C11H12I2O4/c1-3-16-11(15-2)17-10-8(12)4-7(6-14)5-9(10)13/h4-6,11H,3H2,1-2H3. The van der Waals surface area contributed by atoms with Crippen LogP contribution in [0.4, 0.5) is 0 Å². The molecule has 1 aromatic rings. The first-order valence-electron chi connectivity index (χ1n) is 4.87. The second kappa shape index (κ2) is 7.49. The van der Waals surface area contributed by atoms with Gasteiger partial charge in [-0.1, -0.05) is 0 Å². The van der Waals surface area contributed by atoms with Gasteiger partial charge in [-0.3, -0.25) is 4.79 Å². The molecule has 0 saturated carbocycles. The molecule has 17 heavy (non-hydrogen) atoms. The molecule has 0 N–H and O–H groups in total. The zero-order chi connectivity index (χ0) is 12.8. The van der Waals surface area contributed by atoms with E-state index in [1.165, 1.54) is 7.11 Å². The fraction of sp³-hybridized carbons (Fsp3) is 0.364. The summed E-state index contributed by atoms with van der Waals surface area (Å²) in [7, 11) is 1.51. The van der Waals surface area contributed by atoms with Crippen molar-refractivity contribution in [1.82, 2.24) is 0 Å². The van der Waals surface area contributed by atoms with Gasteiger partial charge in [0.15, 0.2) is 5.75 Å². The van der Waals surface area contributed by atoms with Crippen LogP contribution in [0.1, 0.15) is 17.3 Å². The van der Waals surface area contributed by atoms with Gasteiger partial charge in [0.05, 0.1) is 13.7 Å². The molecule has 0 aliphatic heterocycles. The number of benzene rings is 1. The molecule has 0 fully saturated rings. The number of ether oxygens (including phenoxy) is 3. The normalized spacial score (nSPS) is 12.2. The van der Waals surface area contributed by atoms with Crippen molar-refractivity contribution in [3.05, 3.63) is 24.8 Å². The molecule has 0 radical (unpaired) electrons. The highest BCUT2D eigenvalue weighted by Crippen LogP contribution is 2.29. The molecule has 0 amide bonds. The van der Waals surface area contributed by atoms with E-state index in [1.54, 1.807) is 12.1 Å². The van der Waals surface area contributed by atoms with E-state index in [0.717, 1.165) is 13.4 Å². The van der Waals surface area contributed by atoms with Crippen LogP contribution in [0.25, 0.3) is 0 Å². The van der Waals surface area contributed by atoms with Crippen molar-refractivity contribution in [3.63, 3.8) is 0 Å². The number of aldehydes is 1. The van der Waals surface area contributed by atoms with Gasteiger partial charge in [-0.15, -0.1) is 0 Å². The molecule has 0 saturated heterocycles. The first kappa shape index (κ1) is 15.1. The summed E-state index contributed by atoms with van der Waals surface area (Å²) >= 11 is 4.23. The minimum Gasteiger partial charge on any atom is -0.439 e. The quantitative estimate of drug-likeness (QED) is 0.371. The molecule has 0 aliphatic rings. The van der Waals surface area contributed by atoms with Crippen LogP contribution in [0.15, 0.2) is 12.1 Å². The van der Waals surface area contributed by atoms with E-state index in [1.807, 2.05) is 6.92 Å². The van der Waals surface area contributed by atoms with Crippen LogP contribution in [-0.2, 0) is 9.47 Å². The Morgan fingerprint density at radius 3 is 2.35 bits per heavy atom. The second-order valence-electron chi connectivity index (χ2n) is 3.03. The Hall–Kier alpha value is 0.0700. The predicted octanol–water partition coefficient (Wildman–Crippen LogP) is 3.05. The van der Waals surface area contributed by atoms with Crippen molar-refractivity contribution in [1.29, 1.82) is 0 Å². The highest BCUT2D eigenvalue weighted by Gasteiger charge is 2.15. The molecule has 0 heterocycles. The molecule has 1 atom stereocenters. The zero-order valence-electron chi connectivity index (χ0n) is 9.41. The third kappa shape index (κ3) is 4.34. The number of methoxy groups -OCH3 is 1. The Labute approximate surface area is 127 Å². The van der Waals surface area contributed by atoms with Gasteiger partial charge in [-0.25, -0.2) is 0 Å².